The lowest BCUT2D eigenvalue weighted by molar-refractivity contribution is -0.0109. The van der Waals surface area contributed by atoms with E-state index in [0.717, 1.165) is 6.42 Å². The summed E-state index contributed by atoms with van der Waals surface area (Å²) in [6, 6.07) is 0. The van der Waals surface area contributed by atoms with Gasteiger partial charge in [0, 0.05) is 18.8 Å². The van der Waals surface area contributed by atoms with Crippen molar-refractivity contribution in [3.63, 3.8) is 0 Å². The molecule has 1 aliphatic heterocycles. The van der Waals surface area contributed by atoms with Crippen LogP contribution in [-0.2, 0) is 0 Å². The number of nitrogens with one attached hydrogen (secondary N) is 1. The summed E-state index contributed by atoms with van der Waals surface area (Å²) in [4.78, 5) is 32.1. The number of aromatic amines is 1. The summed E-state index contributed by atoms with van der Waals surface area (Å²) in [5.74, 6) is -0.185. The molecule has 7 heteroatoms. The lowest BCUT2D eigenvalue weighted by Gasteiger charge is -2.37. The van der Waals surface area contributed by atoms with Gasteiger partial charge in [-0.05, 0) is 32.9 Å². The molecule has 1 fully saturated rings. The van der Waals surface area contributed by atoms with Crippen molar-refractivity contribution in [1.82, 2.24) is 14.9 Å². The number of carbonyl (C=O) groups excluding carboxylic acids is 1. The van der Waals surface area contributed by atoms with E-state index in [4.69, 9.17) is 0 Å². The fourth-order valence-electron chi connectivity index (χ4n) is 2.51. The van der Waals surface area contributed by atoms with Crippen molar-refractivity contribution in [1.29, 1.82) is 0 Å². The molecular formula is C13H19N3O3S. The van der Waals surface area contributed by atoms with Crippen molar-refractivity contribution in [3.05, 3.63) is 21.7 Å². The van der Waals surface area contributed by atoms with E-state index >= 15 is 0 Å². The molecule has 0 aromatic carbocycles. The van der Waals surface area contributed by atoms with Crippen LogP contribution < -0.4 is 5.69 Å². The number of amides is 1. The molecule has 20 heavy (non-hydrogen) atoms. The molecule has 0 radical (unpaired) electrons. The Labute approximate surface area is 121 Å². The standard InChI is InChI=1S/C13H19N3O3S/c1-8-9(10(20-3)15-12(18)14-8)11(17)16-6-4-5-13(2,19)7-16/h19H,4-7H2,1-3H3,(H,14,15,18). The van der Waals surface area contributed by atoms with Crippen molar-refractivity contribution in [2.45, 2.75) is 37.3 Å². The third-order valence-electron chi connectivity index (χ3n) is 3.46. The predicted octanol–water partition coefficient (Wildman–Crippen LogP) is 0.787. The molecule has 1 amide bonds. The van der Waals surface area contributed by atoms with E-state index in [1.165, 1.54) is 11.8 Å². The van der Waals surface area contributed by atoms with Gasteiger partial charge >= 0.3 is 5.69 Å². The van der Waals surface area contributed by atoms with Gasteiger partial charge in [-0.25, -0.2) is 4.79 Å². The zero-order valence-corrected chi connectivity index (χ0v) is 12.7. The zero-order chi connectivity index (χ0) is 14.9. The molecule has 1 aliphatic rings. The maximum absolute atomic E-state index is 12.6. The van der Waals surface area contributed by atoms with Gasteiger partial charge in [0.15, 0.2) is 0 Å². The van der Waals surface area contributed by atoms with Gasteiger partial charge in [0.1, 0.15) is 5.03 Å². The van der Waals surface area contributed by atoms with E-state index in [0.29, 0.717) is 35.8 Å². The number of rotatable bonds is 2. The number of β-amino-alcohol motifs (C(OH)–C–C–N with tert-alkyl or cyclic N) is 1. The molecule has 0 spiro atoms. The first-order chi connectivity index (χ1) is 9.34. The van der Waals surface area contributed by atoms with Crippen molar-refractivity contribution in [2.75, 3.05) is 19.3 Å². The van der Waals surface area contributed by atoms with Gasteiger partial charge in [-0.2, -0.15) is 4.98 Å². The van der Waals surface area contributed by atoms with Gasteiger partial charge in [0.2, 0.25) is 0 Å². The number of aryl methyl sites for hydroxylation is 1. The number of piperidine rings is 1. The number of aromatic nitrogens is 2. The molecule has 2 N–H and O–H groups in total. The van der Waals surface area contributed by atoms with Gasteiger partial charge in [-0.1, -0.05) is 0 Å². The second kappa shape index (κ2) is 5.57. The van der Waals surface area contributed by atoms with E-state index in [1.807, 2.05) is 0 Å². The molecule has 0 saturated carbocycles. The van der Waals surface area contributed by atoms with Crippen LogP contribution in [0.25, 0.3) is 0 Å². The SMILES string of the molecule is CSc1nc(=O)[nH]c(C)c1C(=O)N1CCCC(C)(O)C1. The van der Waals surface area contributed by atoms with Crippen LogP contribution in [0.2, 0.25) is 0 Å². The molecule has 0 bridgehead atoms. The minimum absolute atomic E-state index is 0.185. The summed E-state index contributed by atoms with van der Waals surface area (Å²) in [6.45, 7) is 4.34. The van der Waals surface area contributed by atoms with Crippen molar-refractivity contribution < 1.29 is 9.90 Å². The van der Waals surface area contributed by atoms with E-state index < -0.39 is 11.3 Å². The van der Waals surface area contributed by atoms with Crippen molar-refractivity contribution in [3.8, 4) is 0 Å². The summed E-state index contributed by atoms with van der Waals surface area (Å²) in [5, 5.41) is 10.5. The molecule has 2 rings (SSSR count). The average molecular weight is 297 g/mol. The Morgan fingerprint density at radius 1 is 1.55 bits per heavy atom. The number of nitrogens with zero attached hydrogens (tertiary/aromatic N) is 2. The van der Waals surface area contributed by atoms with E-state index in [1.54, 1.807) is 25.0 Å². The highest BCUT2D eigenvalue weighted by molar-refractivity contribution is 7.98. The number of hydrogen-bond donors (Lipinski definition) is 2. The lowest BCUT2D eigenvalue weighted by Crippen LogP contribution is -2.49. The fourth-order valence-corrected chi connectivity index (χ4v) is 3.13. The maximum Gasteiger partial charge on any atom is 0.346 e. The molecular weight excluding hydrogens is 278 g/mol. The molecule has 1 saturated heterocycles. The largest absolute Gasteiger partial charge is 0.388 e. The second-order valence-electron chi connectivity index (χ2n) is 5.38. The lowest BCUT2D eigenvalue weighted by atomic mass is 9.94. The van der Waals surface area contributed by atoms with Crippen LogP contribution in [0.3, 0.4) is 0 Å². The highest BCUT2D eigenvalue weighted by Gasteiger charge is 2.33. The predicted molar refractivity (Wildman–Crippen MR) is 77.1 cm³/mol. The number of aliphatic hydroxyl groups is 1. The minimum atomic E-state index is -0.850. The quantitative estimate of drug-likeness (QED) is 0.622. The highest BCUT2D eigenvalue weighted by atomic mass is 32.2. The van der Waals surface area contributed by atoms with Crippen LogP contribution >= 0.6 is 11.8 Å². The van der Waals surface area contributed by atoms with Crippen LogP contribution in [0.1, 0.15) is 35.8 Å². The second-order valence-corrected chi connectivity index (χ2v) is 6.17. The first-order valence-electron chi connectivity index (χ1n) is 6.50. The first-order valence-corrected chi connectivity index (χ1v) is 7.73. The molecule has 1 atom stereocenters. The van der Waals surface area contributed by atoms with Gasteiger partial charge in [0.25, 0.3) is 5.91 Å². The zero-order valence-electron chi connectivity index (χ0n) is 11.9. The molecule has 110 valence electrons. The average Bonchev–Trinajstić information content (AvgIpc) is 2.35. The van der Waals surface area contributed by atoms with E-state index in [9.17, 15) is 14.7 Å². The van der Waals surface area contributed by atoms with Gasteiger partial charge in [-0.3, -0.25) is 4.79 Å². The summed E-state index contributed by atoms with van der Waals surface area (Å²) in [6.07, 6.45) is 3.24. The number of carbonyl (C=O) groups is 1. The molecule has 1 aromatic heterocycles. The van der Waals surface area contributed by atoms with Gasteiger partial charge < -0.3 is 15.0 Å². The Kier molecular flexibility index (Phi) is 4.19. The smallest absolute Gasteiger partial charge is 0.346 e. The minimum Gasteiger partial charge on any atom is -0.388 e. The van der Waals surface area contributed by atoms with E-state index in [-0.39, 0.29) is 5.91 Å². The molecule has 6 nitrogen and oxygen atoms in total. The third-order valence-corrected chi connectivity index (χ3v) is 4.14. The molecule has 1 aromatic rings. The fraction of sp³-hybridized carbons (Fsp3) is 0.615. The Morgan fingerprint density at radius 2 is 2.25 bits per heavy atom. The maximum atomic E-state index is 12.6. The summed E-state index contributed by atoms with van der Waals surface area (Å²) < 4.78 is 0. The Hall–Kier alpha value is -1.34. The Balaban J connectivity index is 2.36. The van der Waals surface area contributed by atoms with Crippen molar-refractivity contribution >= 4 is 17.7 Å². The normalized spacial score (nSPS) is 22.9. The number of H-pyrrole nitrogens is 1. The molecule has 0 aliphatic carbocycles. The van der Waals surface area contributed by atoms with Crippen LogP contribution in [0, 0.1) is 6.92 Å². The van der Waals surface area contributed by atoms with Crippen molar-refractivity contribution in [2.24, 2.45) is 0 Å². The number of hydrogen-bond acceptors (Lipinski definition) is 5. The van der Waals surface area contributed by atoms with Crippen LogP contribution in [0.4, 0.5) is 0 Å². The van der Waals surface area contributed by atoms with Crippen LogP contribution in [0.5, 0.6) is 0 Å². The monoisotopic (exact) mass is 297 g/mol. The van der Waals surface area contributed by atoms with Crippen LogP contribution in [-0.4, -0.2) is 50.8 Å². The number of likely N-dealkylation sites (tertiary alicyclic amines) is 1. The van der Waals surface area contributed by atoms with Gasteiger partial charge in [0.05, 0.1) is 11.2 Å². The third kappa shape index (κ3) is 3.04. The summed E-state index contributed by atoms with van der Waals surface area (Å²) in [5.41, 5.74) is -0.356. The topological polar surface area (TPSA) is 86.3 Å². The first kappa shape index (κ1) is 15.1. The Bertz CT molecular complexity index is 583. The van der Waals surface area contributed by atoms with E-state index in [2.05, 4.69) is 9.97 Å². The molecule has 2 heterocycles. The van der Waals surface area contributed by atoms with Gasteiger partial charge in [-0.15, -0.1) is 11.8 Å². The summed E-state index contributed by atoms with van der Waals surface area (Å²) >= 11 is 1.27. The number of thioether (sulfide) groups is 1. The molecule has 1 unspecified atom stereocenters. The Morgan fingerprint density at radius 3 is 2.85 bits per heavy atom. The summed E-state index contributed by atoms with van der Waals surface area (Å²) in [7, 11) is 0. The van der Waals surface area contributed by atoms with Crippen LogP contribution in [0.15, 0.2) is 9.82 Å². The highest BCUT2D eigenvalue weighted by Crippen LogP contribution is 2.25.